The van der Waals surface area contributed by atoms with Gasteiger partial charge in [0.1, 0.15) is 16.7 Å². The highest BCUT2D eigenvalue weighted by Gasteiger charge is 2.15. The van der Waals surface area contributed by atoms with Crippen LogP contribution in [0.5, 0.6) is 0 Å². The van der Waals surface area contributed by atoms with Crippen LogP contribution in [0.4, 0.5) is 5.82 Å². The van der Waals surface area contributed by atoms with Gasteiger partial charge in [-0.1, -0.05) is 29.3 Å². The first-order valence-electron chi connectivity index (χ1n) is 5.78. The molecule has 0 spiro atoms. The quantitative estimate of drug-likeness (QED) is 0.870. The van der Waals surface area contributed by atoms with E-state index in [0.29, 0.717) is 21.7 Å². The summed E-state index contributed by atoms with van der Waals surface area (Å²) < 4.78 is 1.81. The van der Waals surface area contributed by atoms with Gasteiger partial charge < -0.3 is 9.88 Å². The summed E-state index contributed by atoms with van der Waals surface area (Å²) in [7, 11) is 0. The van der Waals surface area contributed by atoms with E-state index in [2.05, 4.69) is 10.3 Å². The molecule has 4 nitrogen and oxygen atoms in total. The van der Waals surface area contributed by atoms with Crippen LogP contribution in [0.15, 0.2) is 30.5 Å². The van der Waals surface area contributed by atoms with Crippen LogP contribution >= 0.6 is 23.2 Å². The maximum atomic E-state index is 12.2. The fourth-order valence-electron chi connectivity index (χ4n) is 1.71. The van der Waals surface area contributed by atoms with Gasteiger partial charge in [0.2, 0.25) is 0 Å². The summed E-state index contributed by atoms with van der Waals surface area (Å²) in [5.41, 5.74) is 0.488. The van der Waals surface area contributed by atoms with Gasteiger partial charge in [-0.2, -0.15) is 0 Å². The van der Waals surface area contributed by atoms with Gasteiger partial charge in [0.15, 0.2) is 0 Å². The second-order valence-electron chi connectivity index (χ2n) is 4.34. The van der Waals surface area contributed by atoms with Gasteiger partial charge in [-0.15, -0.1) is 0 Å². The van der Waals surface area contributed by atoms with Gasteiger partial charge in [-0.25, -0.2) is 4.98 Å². The zero-order valence-electron chi connectivity index (χ0n) is 10.5. The smallest absolute Gasteiger partial charge is 0.273 e. The predicted molar refractivity (Wildman–Crippen MR) is 77.0 cm³/mol. The van der Waals surface area contributed by atoms with Crippen LogP contribution in [0.2, 0.25) is 10.2 Å². The number of anilines is 1. The molecule has 0 aliphatic carbocycles. The molecular formula is C13H13Cl2N3O. The molecule has 0 saturated heterocycles. The van der Waals surface area contributed by atoms with E-state index in [9.17, 15) is 4.79 Å². The van der Waals surface area contributed by atoms with Crippen molar-refractivity contribution in [1.82, 2.24) is 9.55 Å². The summed E-state index contributed by atoms with van der Waals surface area (Å²) in [6, 6.07) is 6.81. The Hall–Kier alpha value is -1.52. The van der Waals surface area contributed by atoms with Crippen molar-refractivity contribution >= 4 is 34.9 Å². The number of pyridine rings is 1. The highest BCUT2D eigenvalue weighted by atomic mass is 35.5. The van der Waals surface area contributed by atoms with Crippen LogP contribution in [0, 0.1) is 0 Å². The number of hydrogen-bond acceptors (Lipinski definition) is 2. The molecule has 0 aromatic carbocycles. The first-order chi connectivity index (χ1) is 8.97. The van der Waals surface area contributed by atoms with E-state index in [4.69, 9.17) is 23.2 Å². The Kier molecular flexibility index (Phi) is 4.12. The first kappa shape index (κ1) is 13.9. The molecule has 2 aromatic rings. The Labute approximate surface area is 121 Å². The SMILES string of the molecule is CC(C)n1cc(Cl)cc1C(=O)Nc1cccc(Cl)n1. The Morgan fingerprint density at radius 2 is 2.11 bits per heavy atom. The first-order valence-corrected chi connectivity index (χ1v) is 6.54. The Balaban J connectivity index is 2.25. The molecule has 2 heterocycles. The number of halogens is 2. The molecule has 2 rings (SSSR count). The maximum Gasteiger partial charge on any atom is 0.273 e. The standard InChI is InChI=1S/C13H13Cl2N3O/c1-8(2)18-7-9(14)6-10(18)13(19)17-12-5-3-4-11(15)16-12/h3-8H,1-2H3,(H,16,17,19). The zero-order valence-corrected chi connectivity index (χ0v) is 12.0. The fourth-order valence-corrected chi connectivity index (χ4v) is 2.09. The molecule has 0 aliphatic rings. The van der Waals surface area contributed by atoms with Crippen molar-refractivity contribution in [2.75, 3.05) is 5.32 Å². The Morgan fingerprint density at radius 3 is 2.74 bits per heavy atom. The molecule has 100 valence electrons. The van der Waals surface area contributed by atoms with Crippen molar-refractivity contribution in [3.8, 4) is 0 Å². The van der Waals surface area contributed by atoms with Crippen molar-refractivity contribution in [3.63, 3.8) is 0 Å². The van der Waals surface area contributed by atoms with Crippen molar-refractivity contribution in [2.24, 2.45) is 0 Å². The minimum Gasteiger partial charge on any atom is -0.339 e. The number of rotatable bonds is 3. The van der Waals surface area contributed by atoms with Crippen LogP contribution in [0.1, 0.15) is 30.4 Å². The number of carbonyl (C=O) groups is 1. The number of nitrogens with zero attached hydrogens (tertiary/aromatic N) is 2. The lowest BCUT2D eigenvalue weighted by Crippen LogP contribution is -2.18. The minimum absolute atomic E-state index is 0.139. The lowest BCUT2D eigenvalue weighted by atomic mass is 10.3. The Bertz CT molecular complexity index is 608. The third kappa shape index (κ3) is 3.28. The highest BCUT2D eigenvalue weighted by Crippen LogP contribution is 2.20. The number of hydrogen-bond donors (Lipinski definition) is 1. The van der Waals surface area contributed by atoms with Crippen LogP contribution < -0.4 is 5.32 Å². The lowest BCUT2D eigenvalue weighted by molar-refractivity contribution is 0.101. The summed E-state index contributed by atoms with van der Waals surface area (Å²) in [6.07, 6.45) is 1.73. The number of aromatic nitrogens is 2. The summed E-state index contributed by atoms with van der Waals surface area (Å²) in [4.78, 5) is 16.2. The van der Waals surface area contributed by atoms with Gasteiger partial charge >= 0.3 is 0 Å². The summed E-state index contributed by atoms with van der Waals surface area (Å²) in [5, 5.41) is 3.55. The molecule has 2 aromatic heterocycles. The molecule has 0 radical (unpaired) electrons. The Morgan fingerprint density at radius 1 is 1.37 bits per heavy atom. The van der Waals surface area contributed by atoms with Crippen LogP contribution in [0.25, 0.3) is 0 Å². The van der Waals surface area contributed by atoms with Crippen LogP contribution in [0.3, 0.4) is 0 Å². The molecule has 1 N–H and O–H groups in total. The predicted octanol–water partition coefficient (Wildman–Crippen LogP) is 4.02. The van der Waals surface area contributed by atoms with Crippen molar-refractivity contribution in [3.05, 3.63) is 46.3 Å². The van der Waals surface area contributed by atoms with Gasteiger partial charge in [0.25, 0.3) is 5.91 Å². The van der Waals surface area contributed by atoms with E-state index in [0.717, 1.165) is 0 Å². The van der Waals surface area contributed by atoms with Crippen molar-refractivity contribution in [2.45, 2.75) is 19.9 Å². The average Bonchev–Trinajstić information content (AvgIpc) is 2.71. The molecular weight excluding hydrogens is 285 g/mol. The third-order valence-corrected chi connectivity index (χ3v) is 2.98. The minimum atomic E-state index is -0.268. The number of carbonyl (C=O) groups excluding carboxylic acids is 1. The molecule has 1 amide bonds. The summed E-state index contributed by atoms with van der Waals surface area (Å²) in [6.45, 7) is 3.95. The van der Waals surface area contributed by atoms with E-state index in [-0.39, 0.29) is 11.9 Å². The average molecular weight is 298 g/mol. The number of nitrogens with one attached hydrogen (secondary N) is 1. The van der Waals surface area contributed by atoms with E-state index in [1.165, 1.54) is 0 Å². The monoisotopic (exact) mass is 297 g/mol. The van der Waals surface area contributed by atoms with Crippen LogP contribution in [-0.4, -0.2) is 15.5 Å². The van der Waals surface area contributed by atoms with E-state index in [1.54, 1.807) is 30.5 Å². The topological polar surface area (TPSA) is 46.9 Å². The zero-order chi connectivity index (χ0) is 14.0. The van der Waals surface area contributed by atoms with Gasteiger partial charge in [0.05, 0.1) is 5.02 Å². The van der Waals surface area contributed by atoms with Crippen LogP contribution in [-0.2, 0) is 0 Å². The summed E-state index contributed by atoms with van der Waals surface area (Å²) in [5.74, 6) is 0.139. The maximum absolute atomic E-state index is 12.2. The lowest BCUT2D eigenvalue weighted by Gasteiger charge is -2.12. The molecule has 0 aliphatic heterocycles. The molecule has 0 bridgehead atoms. The molecule has 0 unspecified atom stereocenters. The van der Waals surface area contributed by atoms with Gasteiger partial charge in [-0.05, 0) is 32.0 Å². The van der Waals surface area contributed by atoms with Gasteiger partial charge in [-0.3, -0.25) is 4.79 Å². The highest BCUT2D eigenvalue weighted by molar-refractivity contribution is 6.31. The van der Waals surface area contributed by atoms with E-state index < -0.39 is 0 Å². The molecule has 19 heavy (non-hydrogen) atoms. The second-order valence-corrected chi connectivity index (χ2v) is 5.17. The molecule has 0 fully saturated rings. The van der Waals surface area contributed by atoms with Crippen molar-refractivity contribution in [1.29, 1.82) is 0 Å². The largest absolute Gasteiger partial charge is 0.339 e. The summed E-state index contributed by atoms with van der Waals surface area (Å²) >= 11 is 11.7. The van der Waals surface area contributed by atoms with E-state index in [1.807, 2.05) is 18.4 Å². The normalized spacial score (nSPS) is 10.8. The molecule has 0 saturated carbocycles. The van der Waals surface area contributed by atoms with Gasteiger partial charge in [0, 0.05) is 12.2 Å². The fraction of sp³-hybridized carbons (Fsp3) is 0.231. The third-order valence-electron chi connectivity index (χ3n) is 2.56. The second kappa shape index (κ2) is 5.63. The number of amides is 1. The molecule has 0 atom stereocenters. The van der Waals surface area contributed by atoms with Crippen molar-refractivity contribution < 1.29 is 4.79 Å². The molecule has 6 heteroatoms. The van der Waals surface area contributed by atoms with E-state index >= 15 is 0 Å².